The highest BCUT2D eigenvalue weighted by Gasteiger charge is 2.20. The van der Waals surface area contributed by atoms with E-state index in [9.17, 15) is 4.79 Å². The number of nitrogens with one attached hydrogen (secondary N) is 1. The van der Waals surface area contributed by atoms with Gasteiger partial charge in [-0.25, -0.2) is 15.0 Å². The number of piperazine rings is 1. The number of hydrogen-bond donors (Lipinski definition) is 1. The van der Waals surface area contributed by atoms with Crippen LogP contribution in [0.4, 0.5) is 5.69 Å². The summed E-state index contributed by atoms with van der Waals surface area (Å²) in [6.07, 6.45) is 3.61. The first kappa shape index (κ1) is 20.9. The van der Waals surface area contributed by atoms with Gasteiger partial charge in [-0.2, -0.15) is 0 Å². The van der Waals surface area contributed by atoms with Gasteiger partial charge in [0.15, 0.2) is 5.65 Å². The Bertz CT molecular complexity index is 1580. The molecule has 4 aromatic heterocycles. The zero-order chi connectivity index (χ0) is 23.2. The molecule has 0 radical (unpaired) electrons. The summed E-state index contributed by atoms with van der Waals surface area (Å²) in [7, 11) is 2.10. The molecule has 0 atom stereocenters. The van der Waals surface area contributed by atoms with Crippen LogP contribution in [0.2, 0.25) is 0 Å². The van der Waals surface area contributed by atoms with E-state index in [0.717, 1.165) is 58.2 Å². The monoisotopic (exact) mass is 469 g/mol. The zero-order valence-electron chi connectivity index (χ0n) is 18.9. The van der Waals surface area contributed by atoms with Crippen LogP contribution in [-0.2, 0) is 0 Å². The highest BCUT2D eigenvalue weighted by Crippen LogP contribution is 2.34. The standard InChI is InChI=1S/C25H23N7OS/c1-15-27-14-21(34-15)23-22(17-5-6-18-16(12-17)4-3-7-26-18)28-19-13-20(25(33)30-24(19)29-23)32-10-8-31(2)9-11-32/h3-7,12-14H,8-11H2,1-2H3,(H,29,30,33). The normalized spacial score (nSPS) is 14.8. The predicted octanol–water partition coefficient (Wildman–Crippen LogP) is 3.72. The van der Waals surface area contributed by atoms with E-state index in [-0.39, 0.29) is 5.56 Å². The molecule has 1 aromatic carbocycles. The number of H-pyrrole nitrogens is 1. The molecule has 1 N–H and O–H groups in total. The van der Waals surface area contributed by atoms with Gasteiger partial charge in [0.05, 0.1) is 21.1 Å². The average molecular weight is 470 g/mol. The van der Waals surface area contributed by atoms with Gasteiger partial charge in [0.25, 0.3) is 5.56 Å². The fraction of sp³-hybridized carbons (Fsp3) is 0.240. The molecule has 170 valence electrons. The second-order valence-electron chi connectivity index (χ2n) is 8.58. The van der Waals surface area contributed by atoms with Crippen molar-refractivity contribution < 1.29 is 0 Å². The Kier molecular flexibility index (Phi) is 5.08. The van der Waals surface area contributed by atoms with Gasteiger partial charge in [-0.15, -0.1) is 11.3 Å². The van der Waals surface area contributed by atoms with E-state index in [2.05, 4.69) is 37.9 Å². The number of anilines is 1. The van der Waals surface area contributed by atoms with Gasteiger partial charge in [-0.3, -0.25) is 9.78 Å². The fourth-order valence-corrected chi connectivity index (χ4v) is 5.12. The van der Waals surface area contributed by atoms with Gasteiger partial charge >= 0.3 is 0 Å². The van der Waals surface area contributed by atoms with Crippen molar-refractivity contribution in [2.24, 2.45) is 0 Å². The number of likely N-dealkylation sites (N-methyl/N-ethyl adjacent to an activating group) is 1. The SMILES string of the molecule is Cc1ncc(-c2nc3[nH]c(=O)c(N4CCN(C)CC4)cc3nc2-c2ccc3ncccc3c2)s1. The number of pyridine rings is 2. The molecule has 5 aromatic rings. The smallest absolute Gasteiger partial charge is 0.273 e. The summed E-state index contributed by atoms with van der Waals surface area (Å²) in [6, 6.07) is 12.0. The van der Waals surface area contributed by atoms with Crippen LogP contribution in [0.25, 0.3) is 43.9 Å². The van der Waals surface area contributed by atoms with Crippen LogP contribution in [0.5, 0.6) is 0 Å². The maximum atomic E-state index is 13.0. The van der Waals surface area contributed by atoms with Crippen LogP contribution in [-0.4, -0.2) is 63.0 Å². The Morgan fingerprint density at radius 1 is 0.971 bits per heavy atom. The largest absolute Gasteiger partial charge is 0.364 e. The Morgan fingerprint density at radius 3 is 2.62 bits per heavy atom. The number of benzene rings is 1. The molecule has 6 rings (SSSR count). The zero-order valence-corrected chi connectivity index (χ0v) is 19.8. The third-order valence-corrected chi connectivity index (χ3v) is 7.16. The number of aromatic nitrogens is 5. The average Bonchev–Trinajstić information content (AvgIpc) is 3.29. The molecule has 0 spiro atoms. The second-order valence-corrected chi connectivity index (χ2v) is 9.82. The van der Waals surface area contributed by atoms with E-state index >= 15 is 0 Å². The quantitative estimate of drug-likeness (QED) is 0.431. The highest BCUT2D eigenvalue weighted by atomic mass is 32.1. The molecule has 1 fully saturated rings. The van der Waals surface area contributed by atoms with Gasteiger partial charge in [0, 0.05) is 49.5 Å². The van der Waals surface area contributed by atoms with Crippen LogP contribution < -0.4 is 10.5 Å². The molecule has 0 saturated carbocycles. The predicted molar refractivity (Wildman–Crippen MR) is 136 cm³/mol. The van der Waals surface area contributed by atoms with Crippen molar-refractivity contribution in [1.82, 2.24) is 29.8 Å². The van der Waals surface area contributed by atoms with E-state index in [0.29, 0.717) is 22.5 Å². The molecule has 1 saturated heterocycles. The Balaban J connectivity index is 1.55. The van der Waals surface area contributed by atoms with Crippen molar-refractivity contribution in [1.29, 1.82) is 0 Å². The van der Waals surface area contributed by atoms with E-state index in [4.69, 9.17) is 9.97 Å². The van der Waals surface area contributed by atoms with Gasteiger partial charge in [-0.05, 0) is 38.2 Å². The lowest BCUT2D eigenvalue weighted by Gasteiger charge is -2.33. The first-order chi connectivity index (χ1) is 16.5. The van der Waals surface area contributed by atoms with Gasteiger partial charge < -0.3 is 14.8 Å². The minimum absolute atomic E-state index is 0.137. The fourth-order valence-electron chi connectivity index (χ4n) is 4.36. The molecule has 5 heterocycles. The van der Waals surface area contributed by atoms with Crippen molar-refractivity contribution in [2.45, 2.75) is 6.92 Å². The number of rotatable bonds is 3. The molecule has 1 aliphatic heterocycles. The third-order valence-electron chi connectivity index (χ3n) is 6.24. The van der Waals surface area contributed by atoms with Crippen LogP contribution in [0.1, 0.15) is 5.01 Å². The number of nitrogens with zero attached hydrogens (tertiary/aromatic N) is 6. The van der Waals surface area contributed by atoms with E-state index in [1.54, 1.807) is 17.5 Å². The Labute approximate surface area is 200 Å². The van der Waals surface area contributed by atoms with Crippen molar-refractivity contribution >= 4 is 39.1 Å². The van der Waals surface area contributed by atoms with Crippen molar-refractivity contribution in [3.05, 3.63) is 64.2 Å². The molecular formula is C25H23N7OS. The van der Waals surface area contributed by atoms with E-state index in [1.807, 2.05) is 43.5 Å². The second kappa shape index (κ2) is 8.27. The molecule has 0 aliphatic carbocycles. The Morgan fingerprint density at radius 2 is 1.82 bits per heavy atom. The minimum Gasteiger partial charge on any atom is -0.364 e. The summed E-state index contributed by atoms with van der Waals surface area (Å²) < 4.78 is 0. The maximum Gasteiger partial charge on any atom is 0.273 e. The summed E-state index contributed by atoms with van der Waals surface area (Å²) >= 11 is 1.56. The van der Waals surface area contributed by atoms with E-state index in [1.165, 1.54) is 0 Å². The third kappa shape index (κ3) is 3.72. The van der Waals surface area contributed by atoms with Gasteiger partial charge in [0.1, 0.15) is 16.9 Å². The number of fused-ring (bicyclic) bond motifs is 2. The van der Waals surface area contributed by atoms with Crippen LogP contribution in [0, 0.1) is 6.92 Å². The van der Waals surface area contributed by atoms with Crippen molar-refractivity contribution in [2.75, 3.05) is 38.1 Å². The number of thiazole rings is 1. The molecular weight excluding hydrogens is 446 g/mol. The Hall–Kier alpha value is -3.69. The topological polar surface area (TPSA) is 90.9 Å². The van der Waals surface area contributed by atoms with Crippen molar-refractivity contribution in [3.8, 4) is 21.8 Å². The lowest BCUT2D eigenvalue weighted by atomic mass is 10.1. The summed E-state index contributed by atoms with van der Waals surface area (Å²) in [5.74, 6) is 0. The first-order valence-corrected chi connectivity index (χ1v) is 12.0. The molecule has 8 nitrogen and oxygen atoms in total. The molecule has 0 unspecified atom stereocenters. The number of aryl methyl sites for hydroxylation is 1. The molecule has 1 aliphatic rings. The molecule has 34 heavy (non-hydrogen) atoms. The lowest BCUT2D eigenvalue weighted by molar-refractivity contribution is 0.312. The number of aromatic amines is 1. The molecule has 0 amide bonds. The minimum atomic E-state index is -0.137. The van der Waals surface area contributed by atoms with E-state index < -0.39 is 0 Å². The van der Waals surface area contributed by atoms with Crippen LogP contribution in [0.15, 0.2) is 53.6 Å². The summed E-state index contributed by atoms with van der Waals surface area (Å²) in [4.78, 5) is 40.0. The summed E-state index contributed by atoms with van der Waals surface area (Å²) in [5.41, 5.74) is 5.00. The molecule has 0 bridgehead atoms. The lowest BCUT2D eigenvalue weighted by Crippen LogP contribution is -2.46. The van der Waals surface area contributed by atoms with Crippen LogP contribution in [0.3, 0.4) is 0 Å². The maximum absolute atomic E-state index is 13.0. The van der Waals surface area contributed by atoms with Gasteiger partial charge in [0.2, 0.25) is 0 Å². The number of hydrogen-bond acceptors (Lipinski definition) is 8. The first-order valence-electron chi connectivity index (χ1n) is 11.2. The molecule has 9 heteroatoms. The van der Waals surface area contributed by atoms with Gasteiger partial charge in [-0.1, -0.05) is 12.1 Å². The van der Waals surface area contributed by atoms with Crippen LogP contribution >= 0.6 is 11.3 Å². The summed E-state index contributed by atoms with van der Waals surface area (Å²) in [6.45, 7) is 5.42. The van der Waals surface area contributed by atoms with Crippen molar-refractivity contribution in [3.63, 3.8) is 0 Å². The highest BCUT2D eigenvalue weighted by molar-refractivity contribution is 7.15. The summed E-state index contributed by atoms with van der Waals surface area (Å²) in [5, 5.41) is 1.98.